The van der Waals surface area contributed by atoms with Gasteiger partial charge in [-0.15, -0.1) is 0 Å². The fourth-order valence-electron chi connectivity index (χ4n) is 1.68. The first kappa shape index (κ1) is 15.2. The van der Waals surface area contributed by atoms with Crippen LogP contribution in [0.4, 0.5) is 4.79 Å². The third-order valence-electron chi connectivity index (χ3n) is 2.43. The van der Waals surface area contributed by atoms with E-state index in [1.807, 2.05) is 30.3 Å². The van der Waals surface area contributed by atoms with Gasteiger partial charge in [0.2, 0.25) is 0 Å². The van der Waals surface area contributed by atoms with E-state index in [1.165, 1.54) is 0 Å². The van der Waals surface area contributed by atoms with E-state index in [0.717, 1.165) is 11.8 Å². The molecule has 0 saturated heterocycles. The Balaban J connectivity index is 2.58. The molecule has 0 unspecified atom stereocenters. The number of carbonyl (C=O) groups is 2. The van der Waals surface area contributed by atoms with Gasteiger partial charge in [0.05, 0.1) is 0 Å². The third kappa shape index (κ3) is 6.60. The van der Waals surface area contributed by atoms with Crippen molar-refractivity contribution in [2.75, 3.05) is 0 Å². The van der Waals surface area contributed by atoms with Gasteiger partial charge in [-0.25, -0.2) is 4.79 Å². The van der Waals surface area contributed by atoms with Crippen molar-refractivity contribution in [3.05, 3.63) is 35.9 Å². The summed E-state index contributed by atoms with van der Waals surface area (Å²) < 4.78 is 5.19. The molecule has 0 aliphatic heterocycles. The Morgan fingerprint density at radius 1 is 1.32 bits per heavy atom. The van der Waals surface area contributed by atoms with Crippen LogP contribution < -0.4 is 5.32 Å². The lowest BCUT2D eigenvalue weighted by atomic mass is 10.0. The van der Waals surface area contributed by atoms with Gasteiger partial charge in [-0.1, -0.05) is 30.3 Å². The number of hydrogen-bond acceptors (Lipinski definition) is 3. The van der Waals surface area contributed by atoms with E-state index in [9.17, 15) is 9.59 Å². The summed E-state index contributed by atoms with van der Waals surface area (Å²) in [6, 6.07) is 9.49. The minimum atomic E-state index is -0.539. The van der Waals surface area contributed by atoms with Crippen molar-refractivity contribution in [3.63, 3.8) is 0 Å². The zero-order valence-corrected chi connectivity index (χ0v) is 11.7. The molecule has 0 bridgehead atoms. The highest BCUT2D eigenvalue weighted by Gasteiger charge is 2.19. The first-order chi connectivity index (χ1) is 8.90. The zero-order valence-electron chi connectivity index (χ0n) is 11.7. The van der Waals surface area contributed by atoms with Gasteiger partial charge in [-0.2, -0.15) is 0 Å². The predicted molar refractivity (Wildman–Crippen MR) is 74.0 cm³/mol. The molecule has 104 valence electrons. The molecular formula is C15H21NO3. The van der Waals surface area contributed by atoms with E-state index in [1.54, 1.807) is 20.8 Å². The fourth-order valence-corrected chi connectivity index (χ4v) is 1.68. The second-order valence-electron chi connectivity index (χ2n) is 5.44. The minimum Gasteiger partial charge on any atom is -0.444 e. The maximum Gasteiger partial charge on any atom is 0.407 e. The van der Waals surface area contributed by atoms with Crippen molar-refractivity contribution in [1.82, 2.24) is 5.32 Å². The number of ether oxygens (including phenoxy) is 1. The number of carbonyl (C=O) groups excluding carboxylic acids is 2. The molecule has 1 aromatic rings. The topological polar surface area (TPSA) is 55.4 Å². The van der Waals surface area contributed by atoms with Crippen molar-refractivity contribution in [2.24, 2.45) is 0 Å². The summed E-state index contributed by atoms with van der Waals surface area (Å²) in [5, 5.41) is 2.73. The smallest absolute Gasteiger partial charge is 0.407 e. The van der Waals surface area contributed by atoms with Crippen molar-refractivity contribution in [3.8, 4) is 0 Å². The summed E-state index contributed by atoms with van der Waals surface area (Å²) in [5.74, 6) is 0. The minimum absolute atomic E-state index is 0.241. The molecule has 0 spiro atoms. The summed E-state index contributed by atoms with van der Waals surface area (Å²) in [6.45, 7) is 5.41. The van der Waals surface area contributed by atoms with Crippen LogP contribution in [0.2, 0.25) is 0 Å². The van der Waals surface area contributed by atoms with Gasteiger partial charge in [0, 0.05) is 12.5 Å². The van der Waals surface area contributed by atoms with Gasteiger partial charge in [-0.3, -0.25) is 0 Å². The molecule has 1 rings (SSSR count). The molecule has 4 nitrogen and oxygen atoms in total. The second kappa shape index (κ2) is 6.92. The Bertz CT molecular complexity index is 409. The lowest BCUT2D eigenvalue weighted by Crippen LogP contribution is -2.40. The Labute approximate surface area is 114 Å². The molecule has 0 fully saturated rings. The lowest BCUT2D eigenvalue weighted by Gasteiger charge is -2.22. The average molecular weight is 263 g/mol. The molecule has 0 heterocycles. The van der Waals surface area contributed by atoms with E-state index >= 15 is 0 Å². The molecule has 19 heavy (non-hydrogen) atoms. The number of benzene rings is 1. The molecule has 0 aliphatic rings. The Kier molecular flexibility index (Phi) is 5.55. The Morgan fingerprint density at radius 2 is 1.95 bits per heavy atom. The molecule has 1 aromatic carbocycles. The lowest BCUT2D eigenvalue weighted by molar-refractivity contribution is -0.108. The molecule has 4 heteroatoms. The van der Waals surface area contributed by atoms with Gasteiger partial charge in [0.1, 0.15) is 11.9 Å². The maximum atomic E-state index is 11.7. The molecule has 0 saturated carbocycles. The zero-order chi connectivity index (χ0) is 14.3. The van der Waals surface area contributed by atoms with Gasteiger partial charge < -0.3 is 14.8 Å². The monoisotopic (exact) mass is 263 g/mol. The fraction of sp³-hybridized carbons (Fsp3) is 0.467. The van der Waals surface area contributed by atoms with E-state index in [0.29, 0.717) is 6.42 Å². The Hall–Kier alpha value is -1.84. The first-order valence-electron chi connectivity index (χ1n) is 6.38. The van der Waals surface area contributed by atoms with Gasteiger partial charge in [0.15, 0.2) is 0 Å². The molecule has 0 aliphatic carbocycles. The third-order valence-corrected chi connectivity index (χ3v) is 2.43. The van der Waals surface area contributed by atoms with Crippen LogP contribution in [-0.4, -0.2) is 24.0 Å². The highest BCUT2D eigenvalue weighted by Crippen LogP contribution is 2.09. The molecule has 1 amide bonds. The number of amides is 1. The largest absolute Gasteiger partial charge is 0.444 e. The number of alkyl carbamates (subject to hydrolysis) is 1. The van der Waals surface area contributed by atoms with Crippen LogP contribution in [0.15, 0.2) is 30.3 Å². The first-order valence-corrected chi connectivity index (χ1v) is 6.38. The van der Waals surface area contributed by atoms with Crippen LogP contribution in [0.25, 0.3) is 0 Å². The summed E-state index contributed by atoms with van der Waals surface area (Å²) in [6.07, 6.45) is 1.20. The number of nitrogens with one attached hydrogen (secondary N) is 1. The normalized spacial score (nSPS) is 12.6. The van der Waals surface area contributed by atoms with E-state index in [-0.39, 0.29) is 12.5 Å². The summed E-state index contributed by atoms with van der Waals surface area (Å²) in [5.41, 5.74) is 0.535. The number of rotatable bonds is 5. The van der Waals surface area contributed by atoms with Crippen LogP contribution in [0, 0.1) is 0 Å². The van der Waals surface area contributed by atoms with Gasteiger partial charge in [-0.05, 0) is 32.8 Å². The van der Waals surface area contributed by atoms with Crippen molar-refractivity contribution in [1.29, 1.82) is 0 Å². The SMILES string of the molecule is CC(C)(C)OC(=O)N[C@@H](CC=O)Cc1ccccc1. The summed E-state index contributed by atoms with van der Waals surface area (Å²) in [4.78, 5) is 22.4. The van der Waals surface area contributed by atoms with E-state index in [2.05, 4.69) is 5.32 Å². The quantitative estimate of drug-likeness (QED) is 0.831. The predicted octanol–water partition coefficient (Wildman–Crippen LogP) is 2.71. The van der Waals surface area contributed by atoms with Crippen molar-refractivity contribution in [2.45, 2.75) is 45.3 Å². The van der Waals surface area contributed by atoms with E-state index in [4.69, 9.17) is 4.74 Å². The van der Waals surface area contributed by atoms with E-state index < -0.39 is 11.7 Å². The highest BCUT2D eigenvalue weighted by atomic mass is 16.6. The number of aldehydes is 1. The maximum absolute atomic E-state index is 11.7. The Morgan fingerprint density at radius 3 is 2.47 bits per heavy atom. The van der Waals surface area contributed by atoms with Crippen LogP contribution >= 0.6 is 0 Å². The number of hydrogen-bond donors (Lipinski definition) is 1. The molecule has 1 N–H and O–H groups in total. The van der Waals surface area contributed by atoms with Gasteiger partial charge in [0.25, 0.3) is 0 Å². The van der Waals surface area contributed by atoms with Crippen LogP contribution in [0.1, 0.15) is 32.8 Å². The highest BCUT2D eigenvalue weighted by molar-refractivity contribution is 5.68. The van der Waals surface area contributed by atoms with Crippen LogP contribution in [0.5, 0.6) is 0 Å². The van der Waals surface area contributed by atoms with Crippen molar-refractivity contribution < 1.29 is 14.3 Å². The summed E-state index contributed by atoms with van der Waals surface area (Å²) >= 11 is 0. The van der Waals surface area contributed by atoms with Crippen LogP contribution in [0.3, 0.4) is 0 Å². The van der Waals surface area contributed by atoms with Gasteiger partial charge >= 0.3 is 6.09 Å². The summed E-state index contributed by atoms with van der Waals surface area (Å²) in [7, 11) is 0. The molecular weight excluding hydrogens is 242 g/mol. The molecule has 0 aromatic heterocycles. The standard InChI is InChI=1S/C15H21NO3/c1-15(2,3)19-14(18)16-13(9-10-17)11-12-7-5-4-6-8-12/h4-8,10,13H,9,11H2,1-3H3,(H,16,18)/t13-/m0/s1. The van der Waals surface area contributed by atoms with Crippen LogP contribution in [-0.2, 0) is 16.0 Å². The second-order valence-corrected chi connectivity index (χ2v) is 5.44. The average Bonchev–Trinajstić information content (AvgIpc) is 2.27. The van der Waals surface area contributed by atoms with Crippen molar-refractivity contribution >= 4 is 12.4 Å². The molecule has 1 atom stereocenters. The molecule has 0 radical (unpaired) electrons.